The lowest BCUT2D eigenvalue weighted by Crippen LogP contribution is -2.16. The third kappa shape index (κ3) is 3.35. The number of aromatic nitrogens is 1. The van der Waals surface area contributed by atoms with Gasteiger partial charge in [-0.1, -0.05) is 6.07 Å². The highest BCUT2D eigenvalue weighted by Gasteiger charge is 2.25. The summed E-state index contributed by atoms with van der Waals surface area (Å²) in [6.45, 7) is 3.91. The van der Waals surface area contributed by atoms with Gasteiger partial charge < -0.3 is 5.32 Å². The average Bonchev–Trinajstić information content (AvgIpc) is 3.39. The van der Waals surface area contributed by atoms with E-state index in [0.717, 1.165) is 18.4 Å². The van der Waals surface area contributed by atoms with E-state index in [9.17, 15) is 9.18 Å². The molecule has 1 saturated carbocycles. The van der Waals surface area contributed by atoms with E-state index in [1.165, 1.54) is 12.3 Å². The van der Waals surface area contributed by atoms with Crippen molar-refractivity contribution in [1.29, 1.82) is 5.41 Å². The van der Waals surface area contributed by atoms with Gasteiger partial charge in [-0.25, -0.2) is 4.39 Å². The Labute approximate surface area is 140 Å². The molecule has 1 aromatic carbocycles. The van der Waals surface area contributed by atoms with Crippen molar-refractivity contribution >= 4 is 17.7 Å². The van der Waals surface area contributed by atoms with Crippen molar-refractivity contribution in [2.75, 3.05) is 5.32 Å². The van der Waals surface area contributed by atoms with Crippen LogP contribution in [0.3, 0.4) is 0 Å². The Bertz CT molecular complexity index is 797. The van der Waals surface area contributed by atoms with Gasteiger partial charge in [-0.2, -0.15) is 0 Å². The molecule has 0 bridgehead atoms. The molecular formula is C19H20FN3O. The summed E-state index contributed by atoms with van der Waals surface area (Å²) in [4.78, 5) is 15.2. The molecule has 0 atom stereocenters. The third-order valence-corrected chi connectivity index (χ3v) is 4.03. The standard InChI is InChI=1S/C19H20FN3O/c1-11(2)23-17-7-12(10-24)9-22-19(17)18(21)15-8-14(13-3-4-13)5-6-16(15)20/h5-11,13,21,23H,3-4H2,1-2H3. The van der Waals surface area contributed by atoms with Crippen LogP contribution in [-0.4, -0.2) is 23.0 Å². The molecule has 0 unspecified atom stereocenters. The smallest absolute Gasteiger partial charge is 0.151 e. The number of benzene rings is 1. The van der Waals surface area contributed by atoms with Gasteiger partial charge in [-0.15, -0.1) is 0 Å². The highest BCUT2D eigenvalue weighted by molar-refractivity contribution is 6.13. The fourth-order valence-electron chi connectivity index (χ4n) is 2.70. The normalized spacial score (nSPS) is 13.8. The molecule has 1 aromatic heterocycles. The van der Waals surface area contributed by atoms with Crippen LogP contribution in [0.5, 0.6) is 0 Å². The minimum Gasteiger partial charge on any atom is -0.381 e. The van der Waals surface area contributed by atoms with Gasteiger partial charge in [-0.3, -0.25) is 15.2 Å². The molecule has 5 heteroatoms. The van der Waals surface area contributed by atoms with Gasteiger partial charge in [0.2, 0.25) is 0 Å². The summed E-state index contributed by atoms with van der Waals surface area (Å²) in [5.74, 6) is 0.0527. The molecule has 2 aromatic rings. The van der Waals surface area contributed by atoms with E-state index < -0.39 is 5.82 Å². The van der Waals surface area contributed by atoms with E-state index in [-0.39, 0.29) is 17.3 Å². The van der Waals surface area contributed by atoms with Crippen molar-refractivity contribution in [3.8, 4) is 0 Å². The van der Waals surface area contributed by atoms with E-state index in [4.69, 9.17) is 5.41 Å². The lowest BCUT2D eigenvalue weighted by atomic mass is 10.00. The third-order valence-electron chi connectivity index (χ3n) is 4.03. The zero-order valence-electron chi connectivity index (χ0n) is 13.8. The van der Waals surface area contributed by atoms with Gasteiger partial charge >= 0.3 is 0 Å². The molecular weight excluding hydrogens is 305 g/mol. The molecule has 3 rings (SSSR count). The number of aldehydes is 1. The van der Waals surface area contributed by atoms with Crippen LogP contribution < -0.4 is 5.32 Å². The Kier molecular flexibility index (Phi) is 4.42. The van der Waals surface area contributed by atoms with Gasteiger partial charge in [0.25, 0.3) is 0 Å². The van der Waals surface area contributed by atoms with Gasteiger partial charge in [0.1, 0.15) is 11.5 Å². The molecule has 0 amide bonds. The number of halogens is 1. The highest BCUT2D eigenvalue weighted by atomic mass is 19.1. The van der Waals surface area contributed by atoms with Gasteiger partial charge in [0.05, 0.1) is 11.4 Å². The largest absolute Gasteiger partial charge is 0.381 e. The van der Waals surface area contributed by atoms with Crippen molar-refractivity contribution in [1.82, 2.24) is 4.98 Å². The van der Waals surface area contributed by atoms with E-state index >= 15 is 0 Å². The lowest BCUT2D eigenvalue weighted by Gasteiger charge is -2.16. The topological polar surface area (TPSA) is 65.8 Å². The predicted octanol–water partition coefficient (Wildman–Crippen LogP) is 4.15. The van der Waals surface area contributed by atoms with Crippen LogP contribution in [0.25, 0.3) is 0 Å². The Morgan fingerprint density at radius 1 is 1.38 bits per heavy atom. The fourth-order valence-corrected chi connectivity index (χ4v) is 2.70. The maximum atomic E-state index is 14.3. The van der Waals surface area contributed by atoms with Crippen LogP contribution in [0.15, 0.2) is 30.5 Å². The van der Waals surface area contributed by atoms with Crippen LogP contribution >= 0.6 is 0 Å². The summed E-state index contributed by atoms with van der Waals surface area (Å²) < 4.78 is 14.3. The first-order chi connectivity index (χ1) is 11.5. The number of hydrogen-bond acceptors (Lipinski definition) is 4. The number of anilines is 1. The van der Waals surface area contributed by atoms with Crippen LogP contribution in [0.4, 0.5) is 10.1 Å². The van der Waals surface area contributed by atoms with Crippen LogP contribution in [-0.2, 0) is 0 Å². The monoisotopic (exact) mass is 325 g/mol. The maximum absolute atomic E-state index is 14.3. The first kappa shape index (κ1) is 16.3. The average molecular weight is 325 g/mol. The maximum Gasteiger partial charge on any atom is 0.151 e. The van der Waals surface area contributed by atoms with Crippen molar-refractivity contribution in [3.05, 3.63) is 58.7 Å². The lowest BCUT2D eigenvalue weighted by molar-refractivity contribution is 0.112. The van der Waals surface area contributed by atoms with E-state index in [1.807, 2.05) is 13.8 Å². The van der Waals surface area contributed by atoms with Crippen molar-refractivity contribution in [2.45, 2.75) is 38.6 Å². The molecule has 2 N–H and O–H groups in total. The molecule has 1 aliphatic rings. The molecule has 0 aliphatic heterocycles. The number of carbonyl (C=O) groups excluding carboxylic acids is 1. The second kappa shape index (κ2) is 6.51. The van der Waals surface area contributed by atoms with Crippen molar-refractivity contribution in [2.24, 2.45) is 0 Å². The molecule has 0 spiro atoms. The molecule has 0 saturated heterocycles. The number of hydrogen-bond donors (Lipinski definition) is 2. The van der Waals surface area contributed by atoms with Gasteiger partial charge in [0, 0.05) is 23.4 Å². The van der Waals surface area contributed by atoms with Crippen LogP contribution in [0, 0.1) is 11.2 Å². The first-order valence-electron chi connectivity index (χ1n) is 8.10. The molecule has 1 heterocycles. The Hall–Kier alpha value is -2.56. The summed E-state index contributed by atoms with van der Waals surface area (Å²) in [7, 11) is 0. The molecule has 24 heavy (non-hydrogen) atoms. The molecule has 4 nitrogen and oxygen atoms in total. The highest BCUT2D eigenvalue weighted by Crippen LogP contribution is 2.40. The summed E-state index contributed by atoms with van der Waals surface area (Å²) in [5, 5.41) is 11.6. The van der Waals surface area contributed by atoms with Crippen molar-refractivity contribution < 1.29 is 9.18 Å². The summed E-state index contributed by atoms with van der Waals surface area (Å²) >= 11 is 0. The SMILES string of the molecule is CC(C)Nc1cc(C=O)cnc1C(=N)c1cc(C2CC2)ccc1F. The van der Waals surface area contributed by atoms with Gasteiger partial charge in [0.15, 0.2) is 6.29 Å². The quantitative estimate of drug-likeness (QED) is 0.619. The minimum absolute atomic E-state index is 0.0237. The number of carbonyl (C=O) groups is 1. The van der Waals surface area contributed by atoms with Crippen molar-refractivity contribution in [3.63, 3.8) is 0 Å². The van der Waals surface area contributed by atoms with Gasteiger partial charge in [-0.05, 0) is 56.4 Å². The first-order valence-corrected chi connectivity index (χ1v) is 8.10. The van der Waals surface area contributed by atoms with E-state index in [2.05, 4.69) is 10.3 Å². The Balaban J connectivity index is 2.03. The van der Waals surface area contributed by atoms with Crippen LogP contribution in [0.1, 0.15) is 59.8 Å². The number of rotatable bonds is 6. The van der Waals surface area contributed by atoms with E-state index in [1.54, 1.807) is 18.2 Å². The van der Waals surface area contributed by atoms with E-state index in [0.29, 0.717) is 29.1 Å². The molecule has 1 aliphatic carbocycles. The minimum atomic E-state index is -0.429. The zero-order chi connectivity index (χ0) is 17.3. The Morgan fingerprint density at radius 3 is 2.75 bits per heavy atom. The number of nitrogens with zero attached hydrogens (tertiary/aromatic N) is 1. The number of nitrogens with one attached hydrogen (secondary N) is 2. The zero-order valence-corrected chi connectivity index (χ0v) is 13.8. The summed E-state index contributed by atoms with van der Waals surface area (Å²) in [5.41, 5.74) is 2.67. The second-order valence-electron chi connectivity index (χ2n) is 6.47. The fraction of sp³-hybridized carbons (Fsp3) is 0.316. The predicted molar refractivity (Wildman–Crippen MR) is 92.7 cm³/mol. The molecule has 124 valence electrons. The molecule has 0 radical (unpaired) electrons. The molecule has 1 fully saturated rings. The summed E-state index contributed by atoms with van der Waals surface area (Å²) in [6, 6.07) is 6.71. The summed E-state index contributed by atoms with van der Waals surface area (Å²) in [6.07, 6.45) is 4.35. The second-order valence-corrected chi connectivity index (χ2v) is 6.47. The van der Waals surface area contributed by atoms with Crippen LogP contribution in [0.2, 0.25) is 0 Å². The Morgan fingerprint density at radius 2 is 2.12 bits per heavy atom. The number of pyridine rings is 1.